The smallest absolute Gasteiger partial charge is 0.247 e. The molecule has 114 valence electrons. The molecule has 0 spiro atoms. The van der Waals surface area contributed by atoms with Crippen molar-refractivity contribution in [3.05, 3.63) is 29.8 Å². The minimum Gasteiger partial charge on any atom is -0.331 e. The van der Waals surface area contributed by atoms with Gasteiger partial charge in [-0.2, -0.15) is 0 Å². The van der Waals surface area contributed by atoms with E-state index in [2.05, 4.69) is 5.32 Å². The second-order valence-corrected chi connectivity index (χ2v) is 5.11. The maximum atomic E-state index is 13.5. The molecule has 0 aliphatic carbocycles. The maximum Gasteiger partial charge on any atom is 0.247 e. The Balaban J connectivity index is 2.06. The zero-order chi connectivity index (χ0) is 15.4. The fraction of sp³-hybridized carbons (Fsp3) is 0.467. The van der Waals surface area contributed by atoms with Crippen molar-refractivity contribution in [3.8, 4) is 0 Å². The van der Waals surface area contributed by atoms with Crippen LogP contribution in [-0.2, 0) is 9.59 Å². The van der Waals surface area contributed by atoms with E-state index < -0.39 is 23.6 Å². The van der Waals surface area contributed by atoms with Crippen molar-refractivity contribution >= 4 is 17.5 Å². The van der Waals surface area contributed by atoms with Gasteiger partial charge in [0.25, 0.3) is 0 Å². The molecule has 0 bridgehead atoms. The molecule has 1 aromatic carbocycles. The Morgan fingerprint density at radius 3 is 2.81 bits per heavy atom. The zero-order valence-electron chi connectivity index (χ0n) is 11.9. The highest BCUT2D eigenvalue weighted by molar-refractivity contribution is 5.97. The van der Waals surface area contributed by atoms with Gasteiger partial charge in [0.2, 0.25) is 11.8 Å². The molecule has 2 amide bonds. The molecule has 1 N–H and O–H groups in total. The van der Waals surface area contributed by atoms with Gasteiger partial charge in [0, 0.05) is 19.0 Å². The summed E-state index contributed by atoms with van der Waals surface area (Å²) in [6.45, 7) is 2.44. The first-order chi connectivity index (χ1) is 10.0. The van der Waals surface area contributed by atoms with Crippen LogP contribution in [0.3, 0.4) is 0 Å². The Hall–Kier alpha value is -1.98. The van der Waals surface area contributed by atoms with Crippen LogP contribution in [-0.4, -0.2) is 29.3 Å². The third-order valence-electron chi connectivity index (χ3n) is 3.53. The Labute approximate surface area is 122 Å². The van der Waals surface area contributed by atoms with Crippen LogP contribution in [0.1, 0.15) is 32.6 Å². The Kier molecular flexibility index (Phi) is 4.88. The van der Waals surface area contributed by atoms with Gasteiger partial charge in [-0.1, -0.05) is 6.92 Å². The summed E-state index contributed by atoms with van der Waals surface area (Å²) in [5, 5.41) is 2.43. The number of benzene rings is 1. The summed E-state index contributed by atoms with van der Waals surface area (Å²) in [5.74, 6) is -2.02. The van der Waals surface area contributed by atoms with Crippen molar-refractivity contribution in [2.24, 2.45) is 0 Å². The predicted molar refractivity (Wildman–Crippen MR) is 74.6 cm³/mol. The van der Waals surface area contributed by atoms with E-state index in [0.29, 0.717) is 25.5 Å². The van der Waals surface area contributed by atoms with Crippen LogP contribution in [0.4, 0.5) is 14.5 Å². The number of likely N-dealkylation sites (tertiary alicyclic amines) is 1. The second kappa shape index (κ2) is 6.65. The summed E-state index contributed by atoms with van der Waals surface area (Å²) < 4.78 is 26.4. The molecule has 2 rings (SSSR count). The van der Waals surface area contributed by atoms with E-state index in [1.165, 1.54) is 6.07 Å². The lowest BCUT2D eigenvalue weighted by atomic mass is 10.2. The lowest BCUT2D eigenvalue weighted by Crippen LogP contribution is -2.43. The number of hydrogen-bond donors (Lipinski definition) is 1. The topological polar surface area (TPSA) is 49.4 Å². The summed E-state index contributed by atoms with van der Waals surface area (Å²) >= 11 is 0. The first-order valence-corrected chi connectivity index (χ1v) is 7.08. The van der Waals surface area contributed by atoms with E-state index in [0.717, 1.165) is 18.9 Å². The summed E-state index contributed by atoms with van der Waals surface area (Å²) in [7, 11) is 0. The Bertz CT molecular complexity index is 548. The van der Waals surface area contributed by atoms with Crippen molar-refractivity contribution in [1.82, 2.24) is 4.90 Å². The molecule has 1 aliphatic heterocycles. The van der Waals surface area contributed by atoms with Crippen LogP contribution in [0.2, 0.25) is 0 Å². The summed E-state index contributed by atoms with van der Waals surface area (Å²) in [4.78, 5) is 25.7. The van der Waals surface area contributed by atoms with E-state index in [-0.39, 0.29) is 11.6 Å². The molecular formula is C15H18F2N2O2. The Morgan fingerprint density at radius 1 is 1.38 bits per heavy atom. The van der Waals surface area contributed by atoms with Gasteiger partial charge >= 0.3 is 0 Å². The van der Waals surface area contributed by atoms with E-state index in [9.17, 15) is 18.4 Å². The van der Waals surface area contributed by atoms with Gasteiger partial charge in [-0.3, -0.25) is 9.59 Å². The van der Waals surface area contributed by atoms with Crippen molar-refractivity contribution in [1.29, 1.82) is 0 Å². The molecule has 0 aromatic heterocycles. The molecule has 1 saturated heterocycles. The largest absolute Gasteiger partial charge is 0.331 e. The maximum absolute atomic E-state index is 13.5. The molecule has 1 unspecified atom stereocenters. The highest BCUT2D eigenvalue weighted by Crippen LogP contribution is 2.22. The zero-order valence-corrected chi connectivity index (χ0v) is 11.9. The summed E-state index contributed by atoms with van der Waals surface area (Å²) in [5.41, 5.74) is -0.0730. The Morgan fingerprint density at radius 2 is 2.14 bits per heavy atom. The fourth-order valence-corrected chi connectivity index (χ4v) is 2.50. The molecule has 21 heavy (non-hydrogen) atoms. The van der Waals surface area contributed by atoms with Crippen molar-refractivity contribution in [2.45, 2.75) is 38.6 Å². The van der Waals surface area contributed by atoms with E-state index in [4.69, 9.17) is 0 Å². The molecule has 4 nitrogen and oxygen atoms in total. The van der Waals surface area contributed by atoms with Gasteiger partial charge in [-0.15, -0.1) is 0 Å². The number of hydrogen-bond acceptors (Lipinski definition) is 2. The van der Waals surface area contributed by atoms with Crippen LogP contribution in [0.5, 0.6) is 0 Å². The lowest BCUT2D eigenvalue weighted by molar-refractivity contribution is -0.136. The van der Waals surface area contributed by atoms with Crippen LogP contribution in [0.25, 0.3) is 0 Å². The van der Waals surface area contributed by atoms with Crippen molar-refractivity contribution in [2.75, 3.05) is 11.9 Å². The minimum absolute atomic E-state index is 0.0604. The van der Waals surface area contributed by atoms with Gasteiger partial charge in [0.05, 0.1) is 5.69 Å². The SMILES string of the molecule is CCCC(=O)N1CCCC1C(=O)Nc1ccc(F)cc1F. The van der Waals surface area contributed by atoms with Gasteiger partial charge in [-0.05, 0) is 31.4 Å². The molecule has 0 radical (unpaired) electrons. The third kappa shape index (κ3) is 3.56. The summed E-state index contributed by atoms with van der Waals surface area (Å²) in [6.07, 6.45) is 2.43. The third-order valence-corrected chi connectivity index (χ3v) is 3.53. The number of carbonyl (C=O) groups is 2. The van der Waals surface area contributed by atoms with Gasteiger partial charge in [0.1, 0.15) is 17.7 Å². The molecule has 1 fully saturated rings. The van der Waals surface area contributed by atoms with E-state index in [1.807, 2.05) is 6.92 Å². The quantitative estimate of drug-likeness (QED) is 0.928. The molecule has 1 heterocycles. The van der Waals surface area contributed by atoms with Gasteiger partial charge in [0.15, 0.2) is 0 Å². The number of nitrogens with one attached hydrogen (secondary N) is 1. The van der Waals surface area contributed by atoms with Crippen LogP contribution < -0.4 is 5.32 Å². The highest BCUT2D eigenvalue weighted by Gasteiger charge is 2.33. The average Bonchev–Trinajstić information content (AvgIpc) is 2.91. The van der Waals surface area contributed by atoms with E-state index >= 15 is 0 Å². The van der Waals surface area contributed by atoms with Crippen LogP contribution in [0, 0.1) is 11.6 Å². The van der Waals surface area contributed by atoms with Crippen molar-refractivity contribution in [3.63, 3.8) is 0 Å². The number of halogens is 2. The summed E-state index contributed by atoms with van der Waals surface area (Å²) in [6, 6.07) is 2.39. The first-order valence-electron chi connectivity index (χ1n) is 7.08. The fourth-order valence-electron chi connectivity index (χ4n) is 2.50. The average molecular weight is 296 g/mol. The first kappa shape index (κ1) is 15.4. The van der Waals surface area contributed by atoms with Gasteiger partial charge < -0.3 is 10.2 Å². The monoisotopic (exact) mass is 296 g/mol. The molecule has 1 aromatic rings. The second-order valence-electron chi connectivity index (χ2n) is 5.11. The molecular weight excluding hydrogens is 278 g/mol. The lowest BCUT2D eigenvalue weighted by Gasteiger charge is -2.24. The normalized spacial score (nSPS) is 17.9. The van der Waals surface area contributed by atoms with Crippen molar-refractivity contribution < 1.29 is 18.4 Å². The van der Waals surface area contributed by atoms with Crippen LogP contribution >= 0.6 is 0 Å². The molecule has 0 saturated carbocycles. The minimum atomic E-state index is -0.826. The number of amides is 2. The van der Waals surface area contributed by atoms with Gasteiger partial charge in [-0.25, -0.2) is 8.78 Å². The van der Waals surface area contributed by atoms with Crippen LogP contribution in [0.15, 0.2) is 18.2 Å². The standard InChI is InChI=1S/C15H18F2N2O2/c1-2-4-14(20)19-8-3-5-13(19)15(21)18-12-7-6-10(16)9-11(12)17/h6-7,9,13H,2-5,8H2,1H3,(H,18,21). The van der Waals surface area contributed by atoms with E-state index in [1.54, 1.807) is 4.90 Å². The number of rotatable bonds is 4. The number of carbonyl (C=O) groups excluding carboxylic acids is 2. The molecule has 1 atom stereocenters. The highest BCUT2D eigenvalue weighted by atomic mass is 19.1. The molecule has 6 heteroatoms. The predicted octanol–water partition coefficient (Wildman–Crippen LogP) is 2.69. The number of anilines is 1. The number of nitrogens with zero attached hydrogens (tertiary/aromatic N) is 1. The molecule has 1 aliphatic rings.